The van der Waals surface area contributed by atoms with Crippen LogP contribution in [0, 0.1) is 11.3 Å². The van der Waals surface area contributed by atoms with Gasteiger partial charge in [0.05, 0.1) is 11.2 Å². The number of nitrogens with zero attached hydrogens (tertiary/aromatic N) is 4. The van der Waals surface area contributed by atoms with Crippen molar-refractivity contribution >= 4 is 28.3 Å². The van der Waals surface area contributed by atoms with Gasteiger partial charge in [0.15, 0.2) is 0 Å². The molecule has 0 saturated carbocycles. The Bertz CT molecular complexity index is 727. The van der Waals surface area contributed by atoms with E-state index in [2.05, 4.69) is 4.98 Å². The minimum Gasteiger partial charge on any atom is -0.375 e. The molecule has 6 heteroatoms. The Labute approximate surface area is 109 Å². The van der Waals surface area contributed by atoms with E-state index in [9.17, 15) is 4.79 Å². The Hall–Kier alpha value is -2.06. The van der Waals surface area contributed by atoms with Crippen molar-refractivity contribution in [1.29, 1.82) is 5.26 Å². The second-order valence-corrected chi connectivity index (χ2v) is 4.48. The van der Waals surface area contributed by atoms with Gasteiger partial charge in [-0.3, -0.25) is 4.79 Å². The van der Waals surface area contributed by atoms with E-state index in [0.717, 1.165) is 0 Å². The second-order valence-electron chi connectivity index (χ2n) is 4.10. The molecule has 0 aliphatic heterocycles. The van der Waals surface area contributed by atoms with Crippen molar-refractivity contribution in [3.8, 4) is 6.07 Å². The van der Waals surface area contributed by atoms with E-state index >= 15 is 0 Å². The average molecular weight is 263 g/mol. The zero-order chi connectivity index (χ0) is 13.4. The molecule has 2 rings (SSSR count). The Morgan fingerprint density at radius 1 is 1.44 bits per heavy atom. The van der Waals surface area contributed by atoms with Gasteiger partial charge in [-0.1, -0.05) is 11.6 Å². The van der Waals surface area contributed by atoms with E-state index in [1.54, 1.807) is 38.2 Å². The van der Waals surface area contributed by atoms with Crippen LogP contribution in [-0.4, -0.2) is 23.6 Å². The molecule has 0 spiro atoms. The molecule has 0 aliphatic carbocycles. The lowest BCUT2D eigenvalue weighted by Crippen LogP contribution is -2.25. The zero-order valence-corrected chi connectivity index (χ0v) is 11.0. The van der Waals surface area contributed by atoms with E-state index in [-0.39, 0.29) is 11.1 Å². The first kappa shape index (κ1) is 12.4. The maximum atomic E-state index is 12.1. The van der Waals surface area contributed by atoms with E-state index in [1.165, 1.54) is 4.57 Å². The molecule has 2 heterocycles. The van der Waals surface area contributed by atoms with Crippen molar-refractivity contribution in [2.45, 2.75) is 0 Å². The number of nitriles is 1. The Morgan fingerprint density at radius 2 is 2.11 bits per heavy atom. The SMILES string of the molecule is CN(C)c1c(C#N)c(=O)n(C)c2ccc(Cl)nc12. The van der Waals surface area contributed by atoms with E-state index < -0.39 is 0 Å². The highest BCUT2D eigenvalue weighted by molar-refractivity contribution is 6.29. The van der Waals surface area contributed by atoms with Crippen molar-refractivity contribution < 1.29 is 0 Å². The standard InChI is InChI=1S/C12H11ClN4O/c1-16(2)11-7(6-14)12(18)17(3)8-4-5-9(13)15-10(8)11/h4-5H,1-3H3. The first-order valence-electron chi connectivity index (χ1n) is 5.24. The van der Waals surface area contributed by atoms with Crippen molar-refractivity contribution in [2.24, 2.45) is 7.05 Å². The van der Waals surface area contributed by atoms with Gasteiger partial charge in [-0.2, -0.15) is 5.26 Å². The van der Waals surface area contributed by atoms with Crippen molar-refractivity contribution in [3.63, 3.8) is 0 Å². The lowest BCUT2D eigenvalue weighted by Gasteiger charge is -2.17. The van der Waals surface area contributed by atoms with Crippen LogP contribution in [0.2, 0.25) is 5.15 Å². The molecule has 0 fully saturated rings. The lowest BCUT2D eigenvalue weighted by atomic mass is 10.1. The predicted octanol–water partition coefficient (Wildman–Crippen LogP) is 1.52. The number of rotatable bonds is 1. The molecule has 2 aromatic heterocycles. The fourth-order valence-electron chi connectivity index (χ4n) is 1.91. The molecule has 0 unspecified atom stereocenters. The summed E-state index contributed by atoms with van der Waals surface area (Å²) in [5, 5.41) is 9.48. The number of anilines is 1. The molecule has 0 atom stereocenters. The zero-order valence-electron chi connectivity index (χ0n) is 10.2. The smallest absolute Gasteiger partial charge is 0.270 e. The van der Waals surface area contributed by atoms with Crippen molar-refractivity contribution in [3.05, 3.63) is 33.2 Å². The number of halogens is 1. The van der Waals surface area contributed by atoms with Crippen LogP contribution in [0.15, 0.2) is 16.9 Å². The Balaban J connectivity index is 3.10. The van der Waals surface area contributed by atoms with Crippen LogP contribution in [0.5, 0.6) is 0 Å². The number of hydrogen-bond donors (Lipinski definition) is 0. The van der Waals surface area contributed by atoms with Crippen LogP contribution in [0.3, 0.4) is 0 Å². The number of fused-ring (bicyclic) bond motifs is 1. The van der Waals surface area contributed by atoms with Gasteiger partial charge >= 0.3 is 0 Å². The number of aryl methyl sites for hydroxylation is 1. The normalized spacial score (nSPS) is 10.4. The van der Waals surface area contributed by atoms with Crippen molar-refractivity contribution in [1.82, 2.24) is 9.55 Å². The molecule has 0 aliphatic rings. The van der Waals surface area contributed by atoms with E-state index in [0.29, 0.717) is 21.9 Å². The molecular formula is C12H11ClN4O. The number of pyridine rings is 2. The van der Waals surface area contributed by atoms with Gasteiger partial charge in [-0.05, 0) is 12.1 Å². The first-order valence-corrected chi connectivity index (χ1v) is 5.62. The predicted molar refractivity (Wildman–Crippen MR) is 71.0 cm³/mol. The number of hydrogen-bond acceptors (Lipinski definition) is 4. The van der Waals surface area contributed by atoms with Gasteiger partial charge in [0.1, 0.15) is 22.3 Å². The first-order chi connectivity index (χ1) is 8.47. The monoisotopic (exact) mass is 262 g/mol. The molecule has 5 nitrogen and oxygen atoms in total. The maximum Gasteiger partial charge on any atom is 0.270 e. The molecule has 0 N–H and O–H groups in total. The van der Waals surface area contributed by atoms with Crippen LogP contribution >= 0.6 is 11.6 Å². The summed E-state index contributed by atoms with van der Waals surface area (Å²) in [7, 11) is 5.13. The number of aromatic nitrogens is 2. The molecule has 0 saturated heterocycles. The van der Waals surface area contributed by atoms with Gasteiger partial charge < -0.3 is 9.47 Å². The summed E-state index contributed by atoms with van der Waals surface area (Å²) in [4.78, 5) is 18.0. The molecule has 0 amide bonds. The third-order valence-electron chi connectivity index (χ3n) is 2.74. The van der Waals surface area contributed by atoms with E-state index in [4.69, 9.17) is 16.9 Å². The summed E-state index contributed by atoms with van der Waals surface area (Å²) in [6.45, 7) is 0. The fraction of sp³-hybridized carbons (Fsp3) is 0.250. The Kier molecular flexibility index (Phi) is 2.97. The minimum absolute atomic E-state index is 0.0739. The minimum atomic E-state index is -0.335. The lowest BCUT2D eigenvalue weighted by molar-refractivity contribution is 0.894. The van der Waals surface area contributed by atoms with Crippen molar-refractivity contribution in [2.75, 3.05) is 19.0 Å². The topological polar surface area (TPSA) is 61.9 Å². The highest BCUT2D eigenvalue weighted by Gasteiger charge is 2.17. The summed E-state index contributed by atoms with van der Waals surface area (Å²) in [5.41, 5.74) is 1.43. The summed E-state index contributed by atoms with van der Waals surface area (Å²) in [5.74, 6) is 0. The molecule has 0 aromatic carbocycles. The molecule has 92 valence electrons. The van der Waals surface area contributed by atoms with Gasteiger partial charge in [0.2, 0.25) is 0 Å². The fourth-order valence-corrected chi connectivity index (χ4v) is 2.05. The highest BCUT2D eigenvalue weighted by Crippen LogP contribution is 2.26. The highest BCUT2D eigenvalue weighted by atomic mass is 35.5. The van der Waals surface area contributed by atoms with Gasteiger partial charge in [-0.15, -0.1) is 0 Å². The molecule has 0 radical (unpaired) electrons. The summed E-state index contributed by atoms with van der Waals surface area (Å²) < 4.78 is 1.41. The second kappa shape index (κ2) is 4.31. The maximum absolute atomic E-state index is 12.1. The third kappa shape index (κ3) is 1.71. The van der Waals surface area contributed by atoms with E-state index in [1.807, 2.05) is 6.07 Å². The van der Waals surface area contributed by atoms with Crippen LogP contribution < -0.4 is 10.5 Å². The third-order valence-corrected chi connectivity index (χ3v) is 2.95. The van der Waals surface area contributed by atoms with Crippen LogP contribution in [-0.2, 0) is 7.05 Å². The molecular weight excluding hydrogens is 252 g/mol. The molecule has 0 bridgehead atoms. The summed E-state index contributed by atoms with van der Waals surface area (Å²) in [6.07, 6.45) is 0. The largest absolute Gasteiger partial charge is 0.375 e. The average Bonchev–Trinajstić information content (AvgIpc) is 2.32. The summed E-state index contributed by atoms with van der Waals surface area (Å²) in [6, 6.07) is 5.28. The van der Waals surface area contributed by atoms with Crippen LogP contribution in [0.4, 0.5) is 5.69 Å². The Morgan fingerprint density at radius 3 is 2.67 bits per heavy atom. The summed E-state index contributed by atoms with van der Waals surface area (Å²) >= 11 is 5.88. The quantitative estimate of drug-likeness (QED) is 0.731. The van der Waals surface area contributed by atoms with Gasteiger partial charge in [0, 0.05) is 21.1 Å². The molecule has 18 heavy (non-hydrogen) atoms. The molecule has 2 aromatic rings. The van der Waals surface area contributed by atoms with Gasteiger partial charge in [-0.25, -0.2) is 4.98 Å². The van der Waals surface area contributed by atoms with Gasteiger partial charge in [0.25, 0.3) is 5.56 Å². The van der Waals surface area contributed by atoms with Crippen LogP contribution in [0.25, 0.3) is 11.0 Å². The van der Waals surface area contributed by atoms with Crippen LogP contribution in [0.1, 0.15) is 5.56 Å².